The van der Waals surface area contributed by atoms with Crippen LogP contribution in [0.4, 0.5) is 22.7 Å². The molecule has 37 heavy (non-hydrogen) atoms. The molecule has 0 aromatic heterocycles. The van der Waals surface area contributed by atoms with Gasteiger partial charge >= 0.3 is 5.97 Å². The first kappa shape index (κ1) is 28.0. The van der Waals surface area contributed by atoms with Gasteiger partial charge in [0.15, 0.2) is 5.78 Å². The normalized spacial score (nSPS) is 11.5. The van der Waals surface area contributed by atoms with Crippen molar-refractivity contribution in [2.24, 2.45) is 0 Å². The average Bonchev–Trinajstić information content (AvgIpc) is 2.88. The molecule has 0 radical (unpaired) electrons. The Hall–Kier alpha value is -3.61. The molecule has 1 N–H and O–H groups in total. The van der Waals surface area contributed by atoms with Crippen LogP contribution in [0, 0.1) is 0 Å². The Morgan fingerprint density at radius 2 is 1.70 bits per heavy atom. The molecule has 0 fully saturated rings. The lowest BCUT2D eigenvalue weighted by Gasteiger charge is -2.34. The molecule has 0 saturated carbocycles. The zero-order valence-electron chi connectivity index (χ0n) is 21.8. The quantitative estimate of drug-likeness (QED) is 0.148. The van der Waals surface area contributed by atoms with Crippen molar-refractivity contribution >= 4 is 46.9 Å². The fourth-order valence-corrected chi connectivity index (χ4v) is 4.18. The van der Waals surface area contributed by atoms with Gasteiger partial charge in [0.25, 0.3) is 0 Å². The Kier molecular flexibility index (Phi) is 9.50. The fraction of sp³-hybridized carbons (Fsp3) is 0.267. The number of fused-ring (bicyclic) bond motifs is 2. The average molecular weight is 520 g/mol. The van der Waals surface area contributed by atoms with Crippen molar-refractivity contribution < 1.29 is 14.3 Å². The van der Waals surface area contributed by atoms with Crippen molar-refractivity contribution in [3.63, 3.8) is 0 Å². The summed E-state index contributed by atoms with van der Waals surface area (Å²) >= 11 is 0. The third-order valence-corrected chi connectivity index (χ3v) is 6.06. The number of carbonyl (C=O) groups is 2. The number of benzene rings is 3. The van der Waals surface area contributed by atoms with E-state index in [4.69, 9.17) is 4.74 Å². The van der Waals surface area contributed by atoms with Gasteiger partial charge in [-0.05, 0) is 64.7 Å². The maximum absolute atomic E-state index is 13.1. The molecule has 0 saturated heterocycles. The number of nitrogens with one attached hydrogen (secondary N) is 1. The van der Waals surface area contributed by atoms with E-state index in [1.165, 1.54) is 5.57 Å². The molecule has 0 amide bonds. The van der Waals surface area contributed by atoms with Gasteiger partial charge < -0.3 is 19.9 Å². The van der Waals surface area contributed by atoms with Crippen LogP contribution in [0.2, 0.25) is 0 Å². The summed E-state index contributed by atoms with van der Waals surface area (Å²) in [6.07, 6.45) is 2.91. The summed E-state index contributed by atoms with van der Waals surface area (Å²) in [5.74, 6) is -0.374. The van der Waals surface area contributed by atoms with Crippen molar-refractivity contribution in [2.75, 3.05) is 44.0 Å². The van der Waals surface area contributed by atoms with E-state index in [2.05, 4.69) is 35.0 Å². The van der Waals surface area contributed by atoms with Crippen LogP contribution in [0.5, 0.6) is 0 Å². The van der Waals surface area contributed by atoms with Gasteiger partial charge in [-0.15, -0.1) is 12.4 Å². The van der Waals surface area contributed by atoms with E-state index in [1.807, 2.05) is 74.8 Å². The summed E-state index contributed by atoms with van der Waals surface area (Å²) in [7, 11) is 3.99. The van der Waals surface area contributed by atoms with Crippen molar-refractivity contribution in [3.05, 3.63) is 95.1 Å². The van der Waals surface area contributed by atoms with E-state index in [1.54, 1.807) is 6.07 Å². The first-order valence-electron chi connectivity index (χ1n) is 12.2. The minimum absolute atomic E-state index is 0. The van der Waals surface area contributed by atoms with E-state index in [-0.39, 0.29) is 24.2 Å². The van der Waals surface area contributed by atoms with Gasteiger partial charge in [-0.1, -0.05) is 48.0 Å². The second-order valence-corrected chi connectivity index (χ2v) is 9.44. The summed E-state index contributed by atoms with van der Waals surface area (Å²) < 4.78 is 5.58. The predicted molar refractivity (Wildman–Crippen MR) is 153 cm³/mol. The van der Waals surface area contributed by atoms with Crippen LogP contribution in [0.25, 0.3) is 0 Å². The molecule has 1 heterocycles. The van der Waals surface area contributed by atoms with E-state index in [0.717, 1.165) is 30.0 Å². The zero-order chi connectivity index (χ0) is 25.7. The second-order valence-electron chi connectivity index (χ2n) is 9.44. The number of halogens is 1. The number of anilines is 4. The maximum atomic E-state index is 13.1. The van der Waals surface area contributed by atoms with Crippen molar-refractivity contribution in [1.29, 1.82) is 0 Å². The van der Waals surface area contributed by atoms with Crippen LogP contribution < -0.4 is 10.2 Å². The molecule has 3 aromatic carbocycles. The number of ether oxygens (including phenoxy) is 1. The lowest BCUT2D eigenvalue weighted by atomic mass is 9.99. The first-order valence-corrected chi connectivity index (χ1v) is 12.2. The van der Waals surface area contributed by atoms with Crippen LogP contribution in [-0.4, -0.2) is 50.4 Å². The first-order chi connectivity index (χ1) is 17.3. The molecule has 0 atom stereocenters. The summed E-state index contributed by atoms with van der Waals surface area (Å²) in [4.78, 5) is 30.3. The Morgan fingerprint density at radius 3 is 2.41 bits per heavy atom. The molecule has 3 aromatic rings. The van der Waals surface area contributed by atoms with E-state index < -0.39 is 0 Å². The highest BCUT2D eigenvalue weighted by Crippen LogP contribution is 2.45. The third-order valence-electron chi connectivity index (χ3n) is 6.06. The minimum Gasteiger partial charge on any atom is -0.462 e. The summed E-state index contributed by atoms with van der Waals surface area (Å²) in [6, 6.07) is 20.6. The topological polar surface area (TPSA) is 61.9 Å². The highest BCUT2D eigenvalue weighted by atomic mass is 35.5. The summed E-state index contributed by atoms with van der Waals surface area (Å²) in [6.45, 7) is 5.94. The number of nitrogens with zero attached hydrogens (tertiary/aromatic N) is 2. The van der Waals surface area contributed by atoms with Gasteiger partial charge in [-0.25, -0.2) is 4.79 Å². The molecule has 7 heteroatoms. The number of esters is 1. The Balaban J connectivity index is 0.00000380. The van der Waals surface area contributed by atoms with Crippen molar-refractivity contribution in [1.82, 2.24) is 4.90 Å². The van der Waals surface area contributed by atoms with Crippen LogP contribution in [0.3, 0.4) is 0 Å². The highest BCUT2D eigenvalue weighted by molar-refractivity contribution is 6.11. The molecule has 1 aliphatic rings. The number of allylic oxidation sites excluding steroid dienone is 1. The van der Waals surface area contributed by atoms with Crippen molar-refractivity contribution in [2.45, 2.75) is 20.3 Å². The molecule has 0 unspecified atom stereocenters. The summed E-state index contributed by atoms with van der Waals surface area (Å²) in [5, 5.41) is 3.44. The van der Waals surface area contributed by atoms with Crippen LogP contribution in [-0.2, 0) is 4.74 Å². The SMILES string of the molecule is CC(C)=CCN1c2cc(C(=O)c3ccccc3)ccc2Nc2c(C(=O)OCCCN(C)C)cccc21.Cl. The number of para-hydroxylation sites is 1. The largest absolute Gasteiger partial charge is 0.462 e. The van der Waals surface area contributed by atoms with Crippen LogP contribution in [0.1, 0.15) is 46.5 Å². The minimum atomic E-state index is -0.348. The predicted octanol–water partition coefficient (Wildman–Crippen LogP) is 6.61. The Labute approximate surface area is 225 Å². The molecule has 0 bridgehead atoms. The van der Waals surface area contributed by atoms with Gasteiger partial charge in [0.1, 0.15) is 0 Å². The zero-order valence-corrected chi connectivity index (χ0v) is 22.6. The number of ketones is 1. The lowest BCUT2D eigenvalue weighted by Crippen LogP contribution is -2.25. The van der Waals surface area contributed by atoms with Gasteiger partial charge in [0, 0.05) is 24.2 Å². The van der Waals surface area contributed by atoms with Gasteiger partial charge in [-0.3, -0.25) is 4.79 Å². The van der Waals surface area contributed by atoms with Crippen molar-refractivity contribution in [3.8, 4) is 0 Å². The monoisotopic (exact) mass is 519 g/mol. The van der Waals surface area contributed by atoms with Gasteiger partial charge in [-0.2, -0.15) is 0 Å². The molecular weight excluding hydrogens is 486 g/mol. The van der Waals surface area contributed by atoms with E-state index in [9.17, 15) is 9.59 Å². The van der Waals surface area contributed by atoms with Gasteiger partial charge in [0.2, 0.25) is 0 Å². The summed E-state index contributed by atoms with van der Waals surface area (Å²) in [5.41, 5.74) is 6.25. The molecule has 0 spiro atoms. The smallest absolute Gasteiger partial charge is 0.340 e. The molecular formula is C30H34ClN3O3. The lowest BCUT2D eigenvalue weighted by molar-refractivity contribution is 0.0494. The Bertz CT molecular complexity index is 1280. The molecule has 6 nitrogen and oxygen atoms in total. The number of carbonyl (C=O) groups excluding carboxylic acids is 2. The van der Waals surface area contributed by atoms with Crippen LogP contribution >= 0.6 is 12.4 Å². The van der Waals surface area contributed by atoms with Crippen LogP contribution in [0.15, 0.2) is 78.4 Å². The van der Waals surface area contributed by atoms with Gasteiger partial charge in [0.05, 0.1) is 34.9 Å². The maximum Gasteiger partial charge on any atom is 0.340 e. The number of rotatable bonds is 9. The molecule has 1 aliphatic heterocycles. The number of hydrogen-bond acceptors (Lipinski definition) is 6. The highest BCUT2D eigenvalue weighted by Gasteiger charge is 2.27. The molecule has 194 valence electrons. The third kappa shape index (κ3) is 6.59. The fourth-order valence-electron chi connectivity index (χ4n) is 4.18. The van der Waals surface area contributed by atoms with E-state index in [0.29, 0.717) is 35.5 Å². The molecule has 4 rings (SSSR count). The standard InChI is InChI=1S/C30H33N3O3.ClH/c1-21(2)16-18-33-26-13-8-12-24(30(35)36-19-9-17-32(3)4)28(26)31-25-15-14-23(20-27(25)33)29(34)22-10-6-5-7-11-22;/h5-8,10-16,20,31H,9,17-19H2,1-4H3;1H. The second kappa shape index (κ2) is 12.6. The van der Waals surface area contributed by atoms with E-state index >= 15 is 0 Å². The number of hydrogen-bond donors (Lipinski definition) is 1. The molecule has 0 aliphatic carbocycles. The Morgan fingerprint density at radius 1 is 0.946 bits per heavy atom.